The fourth-order valence-electron chi connectivity index (χ4n) is 1.80. The summed E-state index contributed by atoms with van der Waals surface area (Å²) in [7, 11) is 0. The highest BCUT2D eigenvalue weighted by atomic mass is 35.5. The van der Waals surface area contributed by atoms with Crippen molar-refractivity contribution >= 4 is 17.5 Å². The van der Waals surface area contributed by atoms with Crippen LogP contribution in [0.15, 0.2) is 18.2 Å². The van der Waals surface area contributed by atoms with Crippen LogP contribution < -0.4 is 5.32 Å². The highest BCUT2D eigenvalue weighted by molar-refractivity contribution is 6.29. The van der Waals surface area contributed by atoms with E-state index in [0.29, 0.717) is 17.4 Å². The second-order valence-corrected chi connectivity index (χ2v) is 4.43. The van der Waals surface area contributed by atoms with Crippen LogP contribution >= 0.6 is 11.6 Å². The van der Waals surface area contributed by atoms with Crippen LogP contribution in [0.1, 0.15) is 29.8 Å². The predicted octanol–water partition coefficient (Wildman–Crippen LogP) is 2.03. The highest BCUT2D eigenvalue weighted by Crippen LogP contribution is 2.12. The van der Waals surface area contributed by atoms with E-state index in [0.717, 1.165) is 25.9 Å². The number of aromatic nitrogens is 1. The summed E-state index contributed by atoms with van der Waals surface area (Å²) in [6.07, 6.45) is 3.41. The van der Waals surface area contributed by atoms with Gasteiger partial charge in [-0.2, -0.15) is 0 Å². The smallest absolute Gasteiger partial charge is 0.270 e. The molecule has 1 aliphatic heterocycles. The summed E-state index contributed by atoms with van der Waals surface area (Å²) >= 11 is 5.72. The fraction of sp³-hybridized carbons (Fsp3) is 0.500. The van der Waals surface area contributed by atoms with Gasteiger partial charge in [-0.25, -0.2) is 4.98 Å². The van der Waals surface area contributed by atoms with Gasteiger partial charge in [0.2, 0.25) is 0 Å². The first kappa shape index (κ1) is 12.3. The summed E-state index contributed by atoms with van der Waals surface area (Å²) in [6, 6.07) is 4.99. The topological polar surface area (TPSA) is 51.2 Å². The maximum Gasteiger partial charge on any atom is 0.270 e. The summed E-state index contributed by atoms with van der Waals surface area (Å²) in [5.74, 6) is -0.207. The van der Waals surface area contributed by atoms with Crippen molar-refractivity contribution in [2.24, 2.45) is 0 Å². The van der Waals surface area contributed by atoms with E-state index >= 15 is 0 Å². The molecule has 0 saturated carbocycles. The van der Waals surface area contributed by atoms with Gasteiger partial charge in [-0.05, 0) is 31.4 Å². The maximum atomic E-state index is 11.8. The van der Waals surface area contributed by atoms with E-state index in [1.807, 2.05) is 0 Å². The molecule has 2 heterocycles. The van der Waals surface area contributed by atoms with Gasteiger partial charge in [0.1, 0.15) is 10.8 Å². The Labute approximate surface area is 105 Å². The average Bonchev–Trinajstić information content (AvgIpc) is 2.37. The standard InChI is InChI=1S/C12H15ClN2O2/c13-11-6-3-5-10(15-11)12(16)14-8-9-4-1-2-7-17-9/h3,5-6,9H,1-2,4,7-8H2,(H,14,16). The number of hydrogen-bond donors (Lipinski definition) is 1. The zero-order chi connectivity index (χ0) is 12.1. The molecule has 1 aromatic heterocycles. The first-order valence-electron chi connectivity index (χ1n) is 5.78. The van der Waals surface area contributed by atoms with E-state index in [-0.39, 0.29) is 12.0 Å². The molecule has 92 valence electrons. The lowest BCUT2D eigenvalue weighted by Crippen LogP contribution is -2.35. The molecule has 1 fully saturated rings. The van der Waals surface area contributed by atoms with Crippen LogP contribution in [0.25, 0.3) is 0 Å². The number of nitrogens with one attached hydrogen (secondary N) is 1. The monoisotopic (exact) mass is 254 g/mol. The van der Waals surface area contributed by atoms with E-state index in [1.165, 1.54) is 0 Å². The lowest BCUT2D eigenvalue weighted by Gasteiger charge is -2.22. The van der Waals surface area contributed by atoms with Crippen molar-refractivity contribution in [2.75, 3.05) is 13.2 Å². The molecule has 1 saturated heterocycles. The van der Waals surface area contributed by atoms with Gasteiger partial charge in [0.05, 0.1) is 6.10 Å². The molecule has 0 radical (unpaired) electrons. The van der Waals surface area contributed by atoms with Crippen molar-refractivity contribution in [3.05, 3.63) is 29.0 Å². The molecule has 4 nitrogen and oxygen atoms in total. The fourth-order valence-corrected chi connectivity index (χ4v) is 1.96. The summed E-state index contributed by atoms with van der Waals surface area (Å²) in [5, 5.41) is 3.14. The quantitative estimate of drug-likeness (QED) is 0.840. The van der Waals surface area contributed by atoms with Crippen LogP contribution in [0, 0.1) is 0 Å². The number of amides is 1. The predicted molar refractivity (Wildman–Crippen MR) is 65.2 cm³/mol. The number of pyridine rings is 1. The minimum Gasteiger partial charge on any atom is -0.376 e. The van der Waals surface area contributed by atoms with Gasteiger partial charge < -0.3 is 10.1 Å². The Morgan fingerprint density at radius 2 is 2.41 bits per heavy atom. The Morgan fingerprint density at radius 3 is 3.12 bits per heavy atom. The lowest BCUT2D eigenvalue weighted by atomic mass is 10.1. The van der Waals surface area contributed by atoms with Crippen LogP contribution in [0.5, 0.6) is 0 Å². The molecular weight excluding hydrogens is 240 g/mol. The summed E-state index contributed by atoms with van der Waals surface area (Å²) in [5.41, 5.74) is 0.341. The molecule has 1 aromatic rings. The Balaban J connectivity index is 1.84. The van der Waals surface area contributed by atoms with Crippen molar-refractivity contribution in [3.8, 4) is 0 Å². The maximum absolute atomic E-state index is 11.8. The van der Waals surface area contributed by atoms with Gasteiger partial charge >= 0.3 is 0 Å². The Morgan fingerprint density at radius 1 is 1.53 bits per heavy atom. The zero-order valence-corrected chi connectivity index (χ0v) is 10.2. The van der Waals surface area contributed by atoms with Crippen molar-refractivity contribution < 1.29 is 9.53 Å². The van der Waals surface area contributed by atoms with Crippen molar-refractivity contribution in [3.63, 3.8) is 0 Å². The molecule has 2 rings (SSSR count). The SMILES string of the molecule is O=C(NCC1CCCCO1)c1cccc(Cl)n1. The first-order chi connectivity index (χ1) is 8.25. The van der Waals surface area contributed by atoms with Crippen LogP contribution in [-0.2, 0) is 4.74 Å². The van der Waals surface area contributed by atoms with Crippen molar-refractivity contribution in [1.29, 1.82) is 0 Å². The third-order valence-electron chi connectivity index (χ3n) is 2.71. The highest BCUT2D eigenvalue weighted by Gasteiger charge is 2.15. The number of carbonyl (C=O) groups is 1. The molecule has 0 bridgehead atoms. The Hall–Kier alpha value is -1.13. The van der Waals surface area contributed by atoms with Gasteiger partial charge in [0, 0.05) is 13.2 Å². The number of carbonyl (C=O) groups excluding carboxylic acids is 1. The van der Waals surface area contributed by atoms with Crippen LogP contribution in [-0.4, -0.2) is 30.1 Å². The average molecular weight is 255 g/mol. The Kier molecular flexibility index (Phi) is 4.34. The van der Waals surface area contributed by atoms with Crippen molar-refractivity contribution in [2.45, 2.75) is 25.4 Å². The van der Waals surface area contributed by atoms with Gasteiger partial charge in [-0.15, -0.1) is 0 Å². The van der Waals surface area contributed by atoms with Gasteiger partial charge in [-0.1, -0.05) is 17.7 Å². The lowest BCUT2D eigenvalue weighted by molar-refractivity contribution is 0.0168. The van der Waals surface area contributed by atoms with E-state index < -0.39 is 0 Å². The molecule has 0 spiro atoms. The second kappa shape index (κ2) is 5.98. The number of hydrogen-bond acceptors (Lipinski definition) is 3. The molecule has 5 heteroatoms. The zero-order valence-electron chi connectivity index (χ0n) is 9.49. The van der Waals surface area contributed by atoms with Gasteiger partial charge in [0.25, 0.3) is 5.91 Å². The molecule has 17 heavy (non-hydrogen) atoms. The van der Waals surface area contributed by atoms with Crippen LogP contribution in [0.4, 0.5) is 0 Å². The molecule has 1 aliphatic rings. The number of rotatable bonds is 3. The normalized spacial score (nSPS) is 19.9. The van der Waals surface area contributed by atoms with Crippen molar-refractivity contribution in [1.82, 2.24) is 10.3 Å². The molecular formula is C12H15ClN2O2. The Bertz CT molecular complexity index is 392. The molecule has 0 aromatic carbocycles. The van der Waals surface area contributed by atoms with Crippen LogP contribution in [0.2, 0.25) is 5.15 Å². The second-order valence-electron chi connectivity index (χ2n) is 4.04. The summed E-state index contributed by atoms with van der Waals surface area (Å²) in [4.78, 5) is 15.7. The van der Waals surface area contributed by atoms with E-state index in [1.54, 1.807) is 18.2 Å². The molecule has 1 amide bonds. The van der Waals surface area contributed by atoms with E-state index in [9.17, 15) is 4.79 Å². The summed E-state index contributed by atoms with van der Waals surface area (Å²) < 4.78 is 5.53. The number of halogens is 1. The molecule has 1 atom stereocenters. The largest absolute Gasteiger partial charge is 0.376 e. The molecule has 0 aliphatic carbocycles. The van der Waals surface area contributed by atoms with Gasteiger partial charge in [0.15, 0.2) is 0 Å². The van der Waals surface area contributed by atoms with Gasteiger partial charge in [-0.3, -0.25) is 4.79 Å². The number of ether oxygens (including phenoxy) is 1. The number of nitrogens with zero attached hydrogens (tertiary/aromatic N) is 1. The van der Waals surface area contributed by atoms with E-state index in [4.69, 9.17) is 16.3 Å². The molecule has 1 unspecified atom stereocenters. The van der Waals surface area contributed by atoms with Crippen LogP contribution in [0.3, 0.4) is 0 Å². The first-order valence-corrected chi connectivity index (χ1v) is 6.16. The third kappa shape index (κ3) is 3.68. The van der Waals surface area contributed by atoms with E-state index in [2.05, 4.69) is 10.3 Å². The minimum atomic E-state index is -0.207. The third-order valence-corrected chi connectivity index (χ3v) is 2.92. The molecule has 1 N–H and O–H groups in total. The summed E-state index contributed by atoms with van der Waals surface area (Å²) in [6.45, 7) is 1.32. The minimum absolute atomic E-state index is 0.131.